The second-order valence-electron chi connectivity index (χ2n) is 8.79. The number of aromatic nitrogens is 2. The third-order valence-corrected chi connectivity index (χ3v) is 6.89. The van der Waals surface area contributed by atoms with Crippen molar-refractivity contribution in [1.82, 2.24) is 14.5 Å². The fourth-order valence-electron chi connectivity index (χ4n) is 4.04. The molecular weight excluding hydrogens is 499 g/mol. The summed E-state index contributed by atoms with van der Waals surface area (Å²) >= 11 is 1.33. The number of halogens is 1. The first-order chi connectivity index (χ1) is 18.5. The number of amides is 2. The zero-order valence-electron chi connectivity index (χ0n) is 20.7. The van der Waals surface area contributed by atoms with E-state index in [2.05, 4.69) is 10.3 Å². The van der Waals surface area contributed by atoms with Gasteiger partial charge in [0.2, 0.25) is 11.9 Å². The topological polar surface area (TPSA) is 67.2 Å². The smallest absolute Gasteiger partial charge is 0.264 e. The van der Waals surface area contributed by atoms with Crippen LogP contribution < -0.4 is 5.32 Å². The standard InChI is InChI=1S/C30H25FN4O2S/c1-21-14-15-24(17-25(21)31)35-19-26(23-11-6-3-7-12-23)32-30(35)33-28(36)20-34(18-22-9-4-2-5-10-22)29(37)27-13-8-16-38-27/h2-17,19H,18,20H2,1H3,(H,32,33,36). The predicted molar refractivity (Wildman–Crippen MR) is 148 cm³/mol. The average Bonchev–Trinajstić information content (AvgIpc) is 3.61. The van der Waals surface area contributed by atoms with E-state index in [4.69, 9.17) is 0 Å². The minimum absolute atomic E-state index is 0.179. The molecule has 0 bridgehead atoms. The first kappa shape index (κ1) is 25.1. The van der Waals surface area contributed by atoms with E-state index >= 15 is 0 Å². The van der Waals surface area contributed by atoms with Crippen LogP contribution in [-0.2, 0) is 11.3 Å². The van der Waals surface area contributed by atoms with Gasteiger partial charge in [-0.05, 0) is 41.6 Å². The summed E-state index contributed by atoms with van der Waals surface area (Å²) < 4.78 is 16.1. The maximum absolute atomic E-state index is 14.4. The molecular formula is C30H25FN4O2S. The predicted octanol–water partition coefficient (Wildman–Crippen LogP) is 6.33. The van der Waals surface area contributed by atoms with Crippen LogP contribution in [0.1, 0.15) is 20.8 Å². The molecule has 0 aliphatic heterocycles. The SMILES string of the molecule is Cc1ccc(-n2cc(-c3ccccc3)nc2NC(=O)CN(Cc2ccccc2)C(=O)c2cccs2)cc1F. The third-order valence-electron chi connectivity index (χ3n) is 6.03. The van der Waals surface area contributed by atoms with Crippen molar-refractivity contribution in [2.45, 2.75) is 13.5 Å². The van der Waals surface area contributed by atoms with Gasteiger partial charge in [0.1, 0.15) is 12.4 Å². The molecule has 0 fully saturated rings. The molecule has 3 aromatic carbocycles. The summed E-state index contributed by atoms with van der Waals surface area (Å²) in [5.74, 6) is -0.761. The highest BCUT2D eigenvalue weighted by atomic mass is 32.1. The van der Waals surface area contributed by atoms with Crippen molar-refractivity contribution in [3.8, 4) is 16.9 Å². The fraction of sp³-hybridized carbons (Fsp3) is 0.100. The highest BCUT2D eigenvalue weighted by Crippen LogP contribution is 2.25. The molecule has 0 aliphatic rings. The average molecular weight is 525 g/mol. The molecule has 0 unspecified atom stereocenters. The number of imidazole rings is 1. The van der Waals surface area contributed by atoms with E-state index in [-0.39, 0.29) is 30.8 Å². The van der Waals surface area contributed by atoms with E-state index in [0.29, 0.717) is 21.8 Å². The van der Waals surface area contributed by atoms with E-state index in [9.17, 15) is 14.0 Å². The van der Waals surface area contributed by atoms with Gasteiger partial charge >= 0.3 is 0 Å². The van der Waals surface area contributed by atoms with Gasteiger partial charge in [0.05, 0.1) is 16.3 Å². The Balaban J connectivity index is 1.44. The lowest BCUT2D eigenvalue weighted by atomic mass is 10.2. The summed E-state index contributed by atoms with van der Waals surface area (Å²) in [7, 11) is 0. The van der Waals surface area contributed by atoms with E-state index in [1.807, 2.05) is 66.0 Å². The first-order valence-electron chi connectivity index (χ1n) is 12.1. The minimum atomic E-state index is -0.412. The largest absolute Gasteiger partial charge is 0.324 e. The number of benzene rings is 3. The summed E-state index contributed by atoms with van der Waals surface area (Å²) in [6.45, 7) is 1.79. The lowest BCUT2D eigenvalue weighted by molar-refractivity contribution is -0.117. The van der Waals surface area contributed by atoms with Crippen molar-refractivity contribution < 1.29 is 14.0 Å². The van der Waals surface area contributed by atoms with E-state index in [0.717, 1.165) is 11.1 Å². The van der Waals surface area contributed by atoms with Crippen molar-refractivity contribution >= 4 is 29.1 Å². The number of nitrogens with zero attached hydrogens (tertiary/aromatic N) is 3. The Hall–Kier alpha value is -4.56. The third kappa shape index (κ3) is 5.71. The molecule has 0 aliphatic carbocycles. The highest BCUT2D eigenvalue weighted by Gasteiger charge is 2.22. The number of hydrogen-bond acceptors (Lipinski definition) is 4. The Bertz CT molecular complexity index is 1550. The number of carbonyl (C=O) groups is 2. The molecule has 0 radical (unpaired) electrons. The van der Waals surface area contributed by atoms with Gasteiger partial charge in [0.25, 0.3) is 5.91 Å². The summed E-state index contributed by atoms with van der Waals surface area (Å²) in [5, 5.41) is 4.68. The number of carbonyl (C=O) groups excluding carboxylic acids is 2. The van der Waals surface area contributed by atoms with Crippen LogP contribution in [0.3, 0.4) is 0 Å². The fourth-order valence-corrected chi connectivity index (χ4v) is 4.73. The Kier molecular flexibility index (Phi) is 7.42. The lowest BCUT2D eigenvalue weighted by Gasteiger charge is -2.22. The Morgan fingerprint density at radius 1 is 0.974 bits per heavy atom. The summed E-state index contributed by atoms with van der Waals surface area (Å²) in [5.41, 5.74) is 3.43. The maximum atomic E-state index is 14.4. The van der Waals surface area contributed by atoms with Gasteiger partial charge in [-0.2, -0.15) is 0 Å². The maximum Gasteiger partial charge on any atom is 0.264 e. The quantitative estimate of drug-likeness (QED) is 0.258. The Morgan fingerprint density at radius 3 is 2.39 bits per heavy atom. The normalized spacial score (nSPS) is 10.8. The van der Waals surface area contributed by atoms with Crippen LogP contribution in [0.2, 0.25) is 0 Å². The van der Waals surface area contributed by atoms with Crippen LogP contribution in [0.15, 0.2) is 103 Å². The second kappa shape index (κ2) is 11.2. The number of hydrogen-bond donors (Lipinski definition) is 1. The number of nitrogens with one attached hydrogen (secondary N) is 1. The number of aryl methyl sites for hydroxylation is 1. The van der Waals surface area contributed by atoms with Gasteiger partial charge in [-0.15, -0.1) is 11.3 Å². The van der Waals surface area contributed by atoms with Crippen molar-refractivity contribution in [3.63, 3.8) is 0 Å². The van der Waals surface area contributed by atoms with E-state index in [1.54, 1.807) is 42.0 Å². The highest BCUT2D eigenvalue weighted by molar-refractivity contribution is 7.12. The van der Waals surface area contributed by atoms with Gasteiger partial charge in [-0.25, -0.2) is 9.37 Å². The molecule has 5 rings (SSSR count). The van der Waals surface area contributed by atoms with Gasteiger partial charge in [0, 0.05) is 18.3 Å². The molecule has 2 heterocycles. The zero-order chi connectivity index (χ0) is 26.5. The molecule has 0 saturated carbocycles. The molecule has 2 aromatic heterocycles. The molecule has 6 nitrogen and oxygen atoms in total. The van der Waals surface area contributed by atoms with Gasteiger partial charge in [-0.1, -0.05) is 72.8 Å². The minimum Gasteiger partial charge on any atom is -0.324 e. The number of anilines is 1. The number of rotatable bonds is 8. The molecule has 2 amide bonds. The zero-order valence-corrected chi connectivity index (χ0v) is 21.5. The lowest BCUT2D eigenvalue weighted by Crippen LogP contribution is -2.37. The van der Waals surface area contributed by atoms with Crippen molar-refractivity contribution in [1.29, 1.82) is 0 Å². The summed E-state index contributed by atoms with van der Waals surface area (Å²) in [6.07, 6.45) is 1.76. The van der Waals surface area contributed by atoms with E-state index < -0.39 is 5.91 Å². The molecule has 1 N–H and O–H groups in total. The second-order valence-corrected chi connectivity index (χ2v) is 9.74. The van der Waals surface area contributed by atoms with Crippen LogP contribution in [0.25, 0.3) is 16.9 Å². The first-order valence-corrected chi connectivity index (χ1v) is 12.9. The van der Waals surface area contributed by atoms with Crippen molar-refractivity contribution in [3.05, 3.63) is 124 Å². The van der Waals surface area contributed by atoms with Crippen LogP contribution in [-0.4, -0.2) is 32.8 Å². The Labute approximate surface area is 224 Å². The molecule has 5 aromatic rings. The van der Waals surface area contributed by atoms with Crippen LogP contribution in [0.4, 0.5) is 10.3 Å². The molecule has 38 heavy (non-hydrogen) atoms. The van der Waals surface area contributed by atoms with Crippen LogP contribution in [0.5, 0.6) is 0 Å². The summed E-state index contributed by atoms with van der Waals surface area (Å²) in [4.78, 5) is 33.2. The molecule has 0 atom stereocenters. The van der Waals surface area contributed by atoms with Crippen molar-refractivity contribution in [2.75, 3.05) is 11.9 Å². The summed E-state index contributed by atoms with van der Waals surface area (Å²) in [6, 6.07) is 27.5. The Morgan fingerprint density at radius 2 is 1.71 bits per heavy atom. The van der Waals surface area contributed by atoms with Gasteiger partial charge in [0.15, 0.2) is 0 Å². The van der Waals surface area contributed by atoms with Gasteiger partial charge < -0.3 is 4.90 Å². The molecule has 0 saturated heterocycles. The van der Waals surface area contributed by atoms with Gasteiger partial charge in [-0.3, -0.25) is 19.5 Å². The van der Waals surface area contributed by atoms with Crippen LogP contribution >= 0.6 is 11.3 Å². The van der Waals surface area contributed by atoms with E-state index in [1.165, 1.54) is 22.3 Å². The monoisotopic (exact) mass is 524 g/mol. The molecule has 0 spiro atoms. The molecule has 190 valence electrons. The van der Waals surface area contributed by atoms with Crippen LogP contribution in [0, 0.1) is 12.7 Å². The molecule has 8 heteroatoms. The number of thiophene rings is 1. The van der Waals surface area contributed by atoms with Crippen molar-refractivity contribution in [2.24, 2.45) is 0 Å².